The Morgan fingerprint density at radius 3 is 2.62 bits per heavy atom. The van der Waals surface area contributed by atoms with Crippen molar-refractivity contribution in [3.05, 3.63) is 0 Å². The molecule has 6 nitrogen and oxygen atoms in total. The van der Waals surface area contributed by atoms with Gasteiger partial charge in [-0.05, 0) is 80.6 Å². The second kappa shape index (κ2) is 8.90. The zero-order chi connectivity index (χ0) is 21.8. The van der Waals surface area contributed by atoms with Crippen molar-refractivity contribution in [1.82, 2.24) is 5.32 Å². The minimum atomic E-state index is -0.171. The van der Waals surface area contributed by atoms with Gasteiger partial charge < -0.3 is 14.9 Å². The van der Waals surface area contributed by atoms with Gasteiger partial charge in [0.15, 0.2) is 0 Å². The average Bonchev–Trinajstić information content (AvgIpc) is 3.39. The smallest absolute Gasteiger partial charge is 0.308 e. The van der Waals surface area contributed by atoms with E-state index < -0.39 is 0 Å². The van der Waals surface area contributed by atoms with Gasteiger partial charge in [-0.2, -0.15) is 0 Å². The monoisotopic (exact) mass is 466 g/mol. The van der Waals surface area contributed by atoms with E-state index in [9.17, 15) is 9.59 Å². The van der Waals surface area contributed by atoms with E-state index in [0.29, 0.717) is 23.5 Å². The summed E-state index contributed by atoms with van der Waals surface area (Å²) in [6.07, 6.45) is 8.72. The fourth-order valence-corrected chi connectivity index (χ4v) is 8.28. The number of ketones is 1. The lowest BCUT2D eigenvalue weighted by atomic mass is 9.43. The Kier molecular flexibility index (Phi) is 6.68. The largest absolute Gasteiger partial charge is 0.469 e. The summed E-state index contributed by atoms with van der Waals surface area (Å²) in [6.45, 7) is 6.48. The van der Waals surface area contributed by atoms with Crippen LogP contribution in [0.25, 0.3) is 0 Å². The lowest BCUT2D eigenvalue weighted by Gasteiger charge is -2.61. The van der Waals surface area contributed by atoms with E-state index >= 15 is 0 Å². The second-order valence-corrected chi connectivity index (χ2v) is 11.4. The van der Waals surface area contributed by atoms with Crippen molar-refractivity contribution in [1.29, 1.82) is 0 Å². The van der Waals surface area contributed by atoms with Gasteiger partial charge in [0.2, 0.25) is 0 Å². The Morgan fingerprint density at radius 2 is 1.91 bits per heavy atom. The molecule has 5 aliphatic rings. The summed E-state index contributed by atoms with van der Waals surface area (Å²) >= 11 is 0. The molecule has 32 heavy (non-hydrogen) atoms. The molecule has 1 unspecified atom stereocenters. The lowest BCUT2D eigenvalue weighted by Crippen LogP contribution is -2.57. The van der Waals surface area contributed by atoms with Gasteiger partial charge in [-0.1, -0.05) is 19.0 Å². The van der Waals surface area contributed by atoms with E-state index in [1.807, 2.05) is 0 Å². The van der Waals surface area contributed by atoms with Gasteiger partial charge in [-0.25, -0.2) is 0 Å². The van der Waals surface area contributed by atoms with E-state index in [1.54, 1.807) is 0 Å². The molecule has 1 heterocycles. The Labute approximate surface area is 198 Å². The molecular weight excluding hydrogens is 428 g/mol. The van der Waals surface area contributed by atoms with Crippen LogP contribution in [-0.2, 0) is 19.2 Å². The number of rotatable bonds is 3. The Morgan fingerprint density at radius 1 is 1.09 bits per heavy atom. The van der Waals surface area contributed by atoms with Crippen molar-refractivity contribution in [2.45, 2.75) is 77.7 Å². The van der Waals surface area contributed by atoms with Crippen LogP contribution in [0, 0.1) is 40.4 Å². The van der Waals surface area contributed by atoms with Crippen molar-refractivity contribution in [3.63, 3.8) is 0 Å². The highest BCUT2D eigenvalue weighted by Gasteiger charge is 2.63. The van der Waals surface area contributed by atoms with Crippen LogP contribution < -0.4 is 5.32 Å². The van der Waals surface area contributed by atoms with Gasteiger partial charge in [0, 0.05) is 24.8 Å². The van der Waals surface area contributed by atoms with E-state index in [-0.39, 0.29) is 47.1 Å². The molecule has 1 saturated heterocycles. The van der Waals surface area contributed by atoms with Gasteiger partial charge >= 0.3 is 5.97 Å². The third-order valence-electron chi connectivity index (χ3n) is 10.1. The molecule has 5 rings (SSSR count). The molecule has 0 bridgehead atoms. The van der Waals surface area contributed by atoms with Crippen molar-refractivity contribution in [2.75, 3.05) is 20.2 Å². The number of ether oxygens (including phenoxy) is 1. The summed E-state index contributed by atoms with van der Waals surface area (Å²) in [4.78, 5) is 31.6. The summed E-state index contributed by atoms with van der Waals surface area (Å²) < 4.78 is 5.31. The Hall–Kier alpha value is -1.14. The number of carbonyl (C=O) groups excluding carboxylic acids is 2. The first kappa shape index (κ1) is 24.0. The van der Waals surface area contributed by atoms with E-state index in [0.717, 1.165) is 76.6 Å². The van der Waals surface area contributed by atoms with Crippen LogP contribution in [0.2, 0.25) is 0 Å². The molecule has 0 amide bonds. The Balaban J connectivity index is 0.00000245. The number of hydrogen-bond acceptors (Lipinski definition) is 6. The fourth-order valence-electron chi connectivity index (χ4n) is 8.28. The summed E-state index contributed by atoms with van der Waals surface area (Å²) in [7, 11) is 1.52. The quantitative estimate of drug-likeness (QED) is 0.499. The van der Waals surface area contributed by atoms with Crippen molar-refractivity contribution >= 4 is 29.9 Å². The minimum Gasteiger partial charge on any atom is -0.469 e. The number of nitrogens with one attached hydrogen (secondary N) is 1. The van der Waals surface area contributed by atoms with Crippen LogP contribution in [0.4, 0.5) is 0 Å². The lowest BCUT2D eigenvalue weighted by molar-refractivity contribution is -0.167. The molecule has 0 aromatic carbocycles. The van der Waals surface area contributed by atoms with Crippen LogP contribution in [0.15, 0.2) is 5.16 Å². The molecule has 0 spiro atoms. The number of Topliss-reactive ketones (excluding diaryl/α,β-unsaturated/α-hetero) is 1. The first-order chi connectivity index (χ1) is 14.9. The first-order valence-electron chi connectivity index (χ1n) is 12.4. The topological polar surface area (TPSA) is 77.0 Å². The summed E-state index contributed by atoms with van der Waals surface area (Å²) in [5, 5.41) is 7.88. The van der Waals surface area contributed by atoms with Crippen molar-refractivity contribution < 1.29 is 19.2 Å². The van der Waals surface area contributed by atoms with Gasteiger partial charge in [0.25, 0.3) is 0 Å². The number of fused-ring (bicyclic) bond motifs is 5. The highest BCUT2D eigenvalue weighted by atomic mass is 35.5. The fraction of sp³-hybridized carbons (Fsp3) is 0.880. The van der Waals surface area contributed by atoms with E-state index in [4.69, 9.17) is 9.57 Å². The van der Waals surface area contributed by atoms with Gasteiger partial charge in [-0.15, -0.1) is 12.4 Å². The van der Waals surface area contributed by atoms with Crippen LogP contribution in [-0.4, -0.2) is 43.8 Å². The summed E-state index contributed by atoms with van der Waals surface area (Å²) in [5.41, 5.74) is 1.04. The molecular formula is C25H39ClN2O4. The molecule has 0 aromatic heterocycles. The predicted octanol–water partition coefficient (Wildman–Crippen LogP) is 4.15. The maximum atomic E-state index is 13.0. The van der Waals surface area contributed by atoms with E-state index in [2.05, 4.69) is 24.3 Å². The third-order valence-corrected chi connectivity index (χ3v) is 10.1. The number of hydrogen-bond donors (Lipinski definition) is 1. The number of esters is 1. The van der Waals surface area contributed by atoms with Crippen molar-refractivity contribution in [2.24, 2.45) is 45.6 Å². The highest BCUT2D eigenvalue weighted by Crippen LogP contribution is 2.66. The molecule has 0 aromatic rings. The minimum absolute atomic E-state index is 0. The molecule has 4 aliphatic carbocycles. The molecule has 7 heteroatoms. The summed E-state index contributed by atoms with van der Waals surface area (Å²) in [5.74, 6) is 1.99. The normalized spacial score (nSPS) is 46.6. The SMILES string of the molecule is COC(=O)[C@H]1C[C@@H]2[C@H](CC[C@]3(C)C(=O)CC[C@@H]23)[C@@]2(C)CCC(=NO[C@@H]3CCNC3)CC12.Cl. The second-order valence-electron chi connectivity index (χ2n) is 11.4. The molecule has 1 aliphatic heterocycles. The molecule has 180 valence electrons. The number of nitrogens with zero attached hydrogens (tertiary/aromatic N) is 1. The average molecular weight is 467 g/mol. The molecule has 8 atom stereocenters. The highest BCUT2D eigenvalue weighted by molar-refractivity contribution is 5.88. The van der Waals surface area contributed by atoms with Crippen LogP contribution >= 0.6 is 12.4 Å². The predicted molar refractivity (Wildman–Crippen MR) is 125 cm³/mol. The maximum absolute atomic E-state index is 13.0. The third kappa shape index (κ3) is 3.70. The molecule has 1 N–H and O–H groups in total. The maximum Gasteiger partial charge on any atom is 0.308 e. The van der Waals surface area contributed by atoms with Gasteiger partial charge in [0.05, 0.1) is 18.7 Å². The van der Waals surface area contributed by atoms with Crippen LogP contribution in [0.3, 0.4) is 0 Å². The summed E-state index contributed by atoms with van der Waals surface area (Å²) in [6, 6.07) is 0. The number of halogens is 1. The van der Waals surface area contributed by atoms with Gasteiger partial charge in [-0.3, -0.25) is 9.59 Å². The zero-order valence-electron chi connectivity index (χ0n) is 19.7. The molecule has 4 saturated carbocycles. The standard InChI is InChI=1S/C25H38N2O4.ClH/c1-24-9-6-15(27-31-16-8-11-26-14-16)12-21(24)18(23(29)30-3)13-17-19-4-5-22(28)25(19,2)10-7-20(17)24;/h16-21,26H,4-14H2,1-3H3;1H/t16-,17+,18+,19+,20+,21?,24-,25+;/m1./s1. The van der Waals surface area contributed by atoms with Crippen LogP contribution in [0.5, 0.6) is 0 Å². The first-order valence-corrected chi connectivity index (χ1v) is 12.4. The van der Waals surface area contributed by atoms with E-state index in [1.165, 1.54) is 7.11 Å². The Bertz CT molecular complexity index is 782. The van der Waals surface area contributed by atoms with Crippen LogP contribution in [0.1, 0.15) is 71.6 Å². The molecule has 0 radical (unpaired) electrons. The molecule has 5 fully saturated rings. The van der Waals surface area contributed by atoms with Gasteiger partial charge in [0.1, 0.15) is 11.9 Å². The van der Waals surface area contributed by atoms with Crippen molar-refractivity contribution in [3.8, 4) is 0 Å². The number of methoxy groups -OCH3 is 1. The number of oxime groups is 1. The zero-order valence-corrected chi connectivity index (χ0v) is 20.5. The number of carbonyl (C=O) groups is 2.